The quantitative estimate of drug-likeness (QED) is 0.576. The Labute approximate surface area is 149 Å². The highest BCUT2D eigenvalue weighted by Gasteiger charge is 2.11. The van der Waals surface area contributed by atoms with Crippen LogP contribution in [0.4, 0.5) is 0 Å². The molecule has 1 amide bonds. The van der Waals surface area contributed by atoms with Gasteiger partial charge in [0.1, 0.15) is 5.76 Å². The van der Waals surface area contributed by atoms with E-state index in [0.29, 0.717) is 13.1 Å². The van der Waals surface area contributed by atoms with Gasteiger partial charge in [0.05, 0.1) is 36.5 Å². The highest BCUT2D eigenvalue weighted by molar-refractivity contribution is 5.91. The molecular formula is C18H16N6O2. The highest BCUT2D eigenvalue weighted by atomic mass is 16.3. The molecular weight excluding hydrogens is 332 g/mol. The van der Waals surface area contributed by atoms with E-state index in [-0.39, 0.29) is 11.6 Å². The Morgan fingerprint density at radius 3 is 2.77 bits per heavy atom. The van der Waals surface area contributed by atoms with E-state index >= 15 is 0 Å². The monoisotopic (exact) mass is 348 g/mol. The summed E-state index contributed by atoms with van der Waals surface area (Å²) in [6.45, 7) is 0.968. The second-order valence-electron chi connectivity index (χ2n) is 5.58. The lowest BCUT2D eigenvalue weighted by Gasteiger charge is -2.03. The van der Waals surface area contributed by atoms with Gasteiger partial charge in [-0.2, -0.15) is 15.0 Å². The zero-order chi connectivity index (χ0) is 17.8. The van der Waals surface area contributed by atoms with Gasteiger partial charge in [0.15, 0.2) is 5.69 Å². The van der Waals surface area contributed by atoms with Crippen molar-refractivity contribution in [3.63, 3.8) is 0 Å². The van der Waals surface area contributed by atoms with Crippen molar-refractivity contribution in [2.75, 3.05) is 6.54 Å². The fraction of sp³-hybridized carbons (Fsp3) is 0.111. The van der Waals surface area contributed by atoms with Crippen LogP contribution in [-0.4, -0.2) is 37.2 Å². The lowest BCUT2D eigenvalue weighted by Crippen LogP contribution is -2.27. The number of hydrogen-bond acceptors (Lipinski definition) is 5. The van der Waals surface area contributed by atoms with E-state index in [1.807, 2.05) is 48.7 Å². The van der Waals surface area contributed by atoms with Crippen molar-refractivity contribution in [1.29, 1.82) is 0 Å². The summed E-state index contributed by atoms with van der Waals surface area (Å²) in [7, 11) is 0. The van der Waals surface area contributed by atoms with Crippen LogP contribution in [0.2, 0.25) is 0 Å². The van der Waals surface area contributed by atoms with Crippen molar-refractivity contribution in [2.45, 2.75) is 6.54 Å². The molecule has 4 rings (SSSR count). The summed E-state index contributed by atoms with van der Waals surface area (Å²) in [5.74, 6) is 0.489. The molecule has 1 aromatic carbocycles. The molecule has 0 atom stereocenters. The molecule has 0 aliphatic heterocycles. The van der Waals surface area contributed by atoms with Gasteiger partial charge in [0.2, 0.25) is 0 Å². The number of rotatable bonds is 6. The Bertz CT molecular complexity index is 988. The molecule has 1 N–H and O–H groups in total. The average molecular weight is 348 g/mol. The van der Waals surface area contributed by atoms with Crippen LogP contribution in [0.15, 0.2) is 71.7 Å². The molecule has 26 heavy (non-hydrogen) atoms. The summed E-state index contributed by atoms with van der Waals surface area (Å²) in [6.07, 6.45) is 6.67. The van der Waals surface area contributed by atoms with Crippen LogP contribution in [0.1, 0.15) is 10.5 Å². The molecule has 8 nitrogen and oxygen atoms in total. The smallest absolute Gasteiger partial charge is 0.273 e. The topological polar surface area (TPSA) is 90.8 Å². The molecule has 0 unspecified atom stereocenters. The van der Waals surface area contributed by atoms with Gasteiger partial charge >= 0.3 is 0 Å². The number of nitrogens with zero attached hydrogens (tertiary/aromatic N) is 5. The van der Waals surface area contributed by atoms with Gasteiger partial charge in [0.25, 0.3) is 5.91 Å². The largest absolute Gasteiger partial charge is 0.464 e. The lowest BCUT2D eigenvalue weighted by molar-refractivity contribution is 0.0946. The first-order valence-corrected chi connectivity index (χ1v) is 8.12. The van der Waals surface area contributed by atoms with Crippen LogP contribution in [0.3, 0.4) is 0 Å². The number of benzene rings is 1. The van der Waals surface area contributed by atoms with E-state index in [0.717, 1.165) is 17.0 Å². The number of carbonyl (C=O) groups is 1. The van der Waals surface area contributed by atoms with Crippen LogP contribution < -0.4 is 5.32 Å². The maximum atomic E-state index is 12.2. The first kappa shape index (κ1) is 15.8. The minimum Gasteiger partial charge on any atom is -0.464 e. The minimum absolute atomic E-state index is 0.269. The standard InChI is InChI=1S/C18H16N6O2/c25-18(16-12-21-24(22-16)15-5-2-1-3-6-15)19-8-9-23-13-14(11-20-23)17-7-4-10-26-17/h1-7,10-13H,8-9H2,(H,19,25). The highest BCUT2D eigenvalue weighted by Crippen LogP contribution is 2.18. The summed E-state index contributed by atoms with van der Waals surface area (Å²) in [5.41, 5.74) is 1.96. The van der Waals surface area contributed by atoms with Crippen LogP contribution in [0.25, 0.3) is 17.0 Å². The van der Waals surface area contributed by atoms with Crippen LogP contribution in [-0.2, 0) is 6.54 Å². The zero-order valence-corrected chi connectivity index (χ0v) is 13.8. The van der Waals surface area contributed by atoms with E-state index in [1.54, 1.807) is 17.1 Å². The predicted molar refractivity (Wildman–Crippen MR) is 93.6 cm³/mol. The number of para-hydroxylation sites is 1. The molecule has 8 heteroatoms. The Balaban J connectivity index is 1.33. The van der Waals surface area contributed by atoms with Crippen molar-refractivity contribution in [2.24, 2.45) is 0 Å². The summed E-state index contributed by atoms with van der Waals surface area (Å²) < 4.78 is 7.08. The third-order valence-electron chi connectivity index (χ3n) is 3.78. The Morgan fingerprint density at radius 1 is 1.08 bits per heavy atom. The molecule has 0 radical (unpaired) electrons. The van der Waals surface area contributed by atoms with Gasteiger partial charge in [0, 0.05) is 12.7 Å². The van der Waals surface area contributed by atoms with Gasteiger partial charge in [-0.25, -0.2) is 0 Å². The van der Waals surface area contributed by atoms with Gasteiger partial charge in [-0.15, -0.1) is 5.10 Å². The molecule has 0 aliphatic rings. The van der Waals surface area contributed by atoms with E-state index in [2.05, 4.69) is 20.6 Å². The fourth-order valence-electron chi connectivity index (χ4n) is 2.48. The van der Waals surface area contributed by atoms with Gasteiger partial charge < -0.3 is 9.73 Å². The third-order valence-corrected chi connectivity index (χ3v) is 3.78. The number of aromatic nitrogens is 5. The molecule has 0 fully saturated rings. The van der Waals surface area contributed by atoms with Gasteiger partial charge in [-0.05, 0) is 24.3 Å². The lowest BCUT2D eigenvalue weighted by atomic mass is 10.3. The summed E-state index contributed by atoms with van der Waals surface area (Å²) in [4.78, 5) is 13.6. The number of hydrogen-bond donors (Lipinski definition) is 1. The molecule has 0 spiro atoms. The van der Waals surface area contributed by atoms with Crippen molar-refractivity contribution in [1.82, 2.24) is 30.1 Å². The molecule has 0 saturated heterocycles. The van der Waals surface area contributed by atoms with Crippen LogP contribution >= 0.6 is 0 Å². The molecule has 0 saturated carbocycles. The van der Waals surface area contributed by atoms with Gasteiger partial charge in [-0.1, -0.05) is 18.2 Å². The number of nitrogens with one attached hydrogen (secondary N) is 1. The number of furan rings is 1. The summed E-state index contributed by atoms with van der Waals surface area (Å²) in [6, 6.07) is 13.1. The summed E-state index contributed by atoms with van der Waals surface area (Å²) in [5, 5.41) is 15.4. The maximum absolute atomic E-state index is 12.2. The Hall–Kier alpha value is -3.68. The van der Waals surface area contributed by atoms with Crippen molar-refractivity contribution >= 4 is 5.91 Å². The second-order valence-corrected chi connectivity index (χ2v) is 5.58. The van der Waals surface area contributed by atoms with Gasteiger partial charge in [-0.3, -0.25) is 9.48 Å². The SMILES string of the molecule is O=C(NCCn1cc(-c2ccco2)cn1)c1cnn(-c2ccccc2)n1. The van der Waals surface area contributed by atoms with Crippen molar-refractivity contribution in [3.05, 3.63) is 73.0 Å². The Kier molecular flexibility index (Phi) is 4.29. The normalized spacial score (nSPS) is 10.8. The first-order chi connectivity index (χ1) is 12.8. The van der Waals surface area contributed by atoms with Crippen molar-refractivity contribution < 1.29 is 9.21 Å². The molecule has 0 aliphatic carbocycles. The fourth-order valence-corrected chi connectivity index (χ4v) is 2.48. The predicted octanol–water partition coefficient (Wildman–Crippen LogP) is 2.15. The molecule has 3 aromatic heterocycles. The summed E-state index contributed by atoms with van der Waals surface area (Å²) >= 11 is 0. The van der Waals surface area contributed by atoms with E-state index in [4.69, 9.17) is 4.42 Å². The van der Waals surface area contributed by atoms with E-state index in [9.17, 15) is 4.79 Å². The number of amides is 1. The minimum atomic E-state index is -0.273. The third kappa shape index (κ3) is 3.39. The molecule has 0 bridgehead atoms. The van der Waals surface area contributed by atoms with Crippen molar-refractivity contribution in [3.8, 4) is 17.0 Å². The molecule has 4 aromatic rings. The van der Waals surface area contributed by atoms with E-state index < -0.39 is 0 Å². The Morgan fingerprint density at radius 2 is 1.96 bits per heavy atom. The van der Waals surface area contributed by atoms with Crippen LogP contribution in [0, 0.1) is 0 Å². The average Bonchev–Trinajstić information content (AvgIpc) is 3.42. The number of carbonyl (C=O) groups excluding carboxylic acids is 1. The first-order valence-electron chi connectivity index (χ1n) is 8.12. The second kappa shape index (κ2) is 7.06. The molecule has 3 heterocycles. The zero-order valence-electron chi connectivity index (χ0n) is 13.8. The maximum Gasteiger partial charge on any atom is 0.273 e. The van der Waals surface area contributed by atoms with E-state index in [1.165, 1.54) is 11.0 Å². The molecule has 130 valence electrons. The van der Waals surface area contributed by atoms with Crippen LogP contribution in [0.5, 0.6) is 0 Å².